The van der Waals surface area contributed by atoms with Gasteiger partial charge < -0.3 is 0 Å². The lowest BCUT2D eigenvalue weighted by Gasteiger charge is -2.22. The van der Waals surface area contributed by atoms with E-state index >= 15 is 0 Å². The average Bonchev–Trinajstić information content (AvgIpc) is 2.59. The SMILES string of the molecule is C[C@@H](c1ccccc1)n1c(-c2ccccc2Br)c(Cl)nc(Cl)c1=O. The van der Waals surface area contributed by atoms with Crippen molar-refractivity contribution in [2.45, 2.75) is 13.0 Å². The lowest BCUT2D eigenvalue weighted by Crippen LogP contribution is -2.27. The van der Waals surface area contributed by atoms with Crippen LogP contribution in [0, 0.1) is 0 Å². The second-order valence-electron chi connectivity index (χ2n) is 5.28. The molecule has 2 aromatic carbocycles. The molecule has 3 nitrogen and oxygen atoms in total. The standard InChI is InChI=1S/C18H13BrCl2N2O/c1-11(12-7-3-2-4-8-12)23-15(13-9-5-6-10-14(13)19)16(20)22-17(21)18(23)24/h2-11H,1H3/t11-/m0/s1. The first-order valence-electron chi connectivity index (χ1n) is 7.28. The molecule has 0 spiro atoms. The second kappa shape index (κ2) is 7.09. The summed E-state index contributed by atoms with van der Waals surface area (Å²) in [6.45, 7) is 1.93. The summed E-state index contributed by atoms with van der Waals surface area (Å²) in [5.41, 5.74) is 1.93. The minimum absolute atomic E-state index is 0.140. The summed E-state index contributed by atoms with van der Waals surface area (Å²) in [4.78, 5) is 16.7. The number of hydrogen-bond acceptors (Lipinski definition) is 2. The first kappa shape index (κ1) is 17.2. The van der Waals surface area contributed by atoms with Crippen molar-refractivity contribution in [3.8, 4) is 11.3 Å². The Morgan fingerprint density at radius 1 is 1.00 bits per heavy atom. The summed E-state index contributed by atoms with van der Waals surface area (Å²) in [5, 5.41) is 0.0489. The van der Waals surface area contributed by atoms with E-state index in [2.05, 4.69) is 20.9 Å². The van der Waals surface area contributed by atoms with Gasteiger partial charge in [-0.05, 0) is 18.6 Å². The Labute approximate surface area is 158 Å². The summed E-state index contributed by atoms with van der Waals surface area (Å²) < 4.78 is 2.41. The van der Waals surface area contributed by atoms with Gasteiger partial charge >= 0.3 is 0 Å². The zero-order valence-electron chi connectivity index (χ0n) is 12.7. The van der Waals surface area contributed by atoms with Gasteiger partial charge in [-0.3, -0.25) is 9.36 Å². The van der Waals surface area contributed by atoms with Gasteiger partial charge in [0.1, 0.15) is 0 Å². The van der Waals surface area contributed by atoms with E-state index in [0.29, 0.717) is 5.69 Å². The largest absolute Gasteiger partial charge is 0.295 e. The Balaban J connectivity index is 2.33. The number of halogens is 3. The van der Waals surface area contributed by atoms with Crippen molar-refractivity contribution in [2.75, 3.05) is 0 Å². The molecule has 0 amide bonds. The van der Waals surface area contributed by atoms with Gasteiger partial charge in [0, 0.05) is 10.0 Å². The minimum atomic E-state index is -0.372. The second-order valence-corrected chi connectivity index (χ2v) is 6.85. The van der Waals surface area contributed by atoms with Gasteiger partial charge in [-0.2, -0.15) is 0 Å². The third kappa shape index (κ3) is 3.14. The van der Waals surface area contributed by atoms with Crippen LogP contribution < -0.4 is 5.56 Å². The van der Waals surface area contributed by atoms with E-state index in [1.165, 1.54) is 0 Å². The van der Waals surface area contributed by atoms with E-state index in [1.54, 1.807) is 4.57 Å². The Kier molecular flexibility index (Phi) is 5.09. The first-order valence-corrected chi connectivity index (χ1v) is 8.83. The van der Waals surface area contributed by atoms with Gasteiger partial charge in [-0.25, -0.2) is 4.98 Å². The van der Waals surface area contributed by atoms with Crippen LogP contribution in [0.5, 0.6) is 0 Å². The number of benzene rings is 2. The van der Waals surface area contributed by atoms with Crippen LogP contribution in [0.15, 0.2) is 63.9 Å². The summed E-state index contributed by atoms with van der Waals surface area (Å²) in [5.74, 6) is 0. The van der Waals surface area contributed by atoms with Gasteiger partial charge in [-0.15, -0.1) is 0 Å². The molecule has 1 atom stereocenters. The van der Waals surface area contributed by atoms with Crippen molar-refractivity contribution in [1.29, 1.82) is 0 Å². The number of nitrogens with zero attached hydrogens (tertiary/aromatic N) is 2. The van der Waals surface area contributed by atoms with Crippen LogP contribution in [0.25, 0.3) is 11.3 Å². The molecule has 0 radical (unpaired) electrons. The van der Waals surface area contributed by atoms with Crippen LogP contribution in [-0.2, 0) is 0 Å². The predicted molar refractivity (Wildman–Crippen MR) is 102 cm³/mol. The van der Waals surface area contributed by atoms with Crippen LogP contribution in [0.4, 0.5) is 0 Å². The molecule has 3 rings (SSSR count). The molecule has 6 heteroatoms. The fourth-order valence-electron chi connectivity index (χ4n) is 2.63. The normalized spacial score (nSPS) is 12.2. The number of aromatic nitrogens is 2. The molecule has 1 heterocycles. The van der Waals surface area contributed by atoms with Crippen LogP contribution in [0.2, 0.25) is 10.3 Å². The lowest BCUT2D eigenvalue weighted by molar-refractivity contribution is 0.617. The van der Waals surface area contributed by atoms with Crippen LogP contribution in [0.1, 0.15) is 18.5 Å². The highest BCUT2D eigenvalue weighted by Crippen LogP contribution is 2.34. The van der Waals surface area contributed by atoms with Gasteiger partial charge in [-0.1, -0.05) is 87.7 Å². The quantitative estimate of drug-likeness (QED) is 0.550. The maximum atomic E-state index is 12.7. The highest BCUT2D eigenvalue weighted by Gasteiger charge is 2.22. The molecule has 0 aliphatic heterocycles. The smallest absolute Gasteiger partial charge is 0.289 e. The van der Waals surface area contributed by atoms with Crippen molar-refractivity contribution in [1.82, 2.24) is 9.55 Å². The Morgan fingerprint density at radius 3 is 2.29 bits per heavy atom. The van der Waals surface area contributed by atoms with E-state index < -0.39 is 0 Å². The molecule has 122 valence electrons. The molecule has 0 unspecified atom stereocenters. The zero-order chi connectivity index (χ0) is 17.3. The van der Waals surface area contributed by atoms with Gasteiger partial charge in [0.15, 0.2) is 10.3 Å². The molecule has 0 aliphatic carbocycles. The van der Waals surface area contributed by atoms with E-state index in [1.807, 2.05) is 61.5 Å². The van der Waals surface area contributed by atoms with E-state index in [9.17, 15) is 4.79 Å². The van der Waals surface area contributed by atoms with E-state index in [0.717, 1.165) is 15.6 Å². The molecule has 0 saturated heterocycles. The molecule has 0 N–H and O–H groups in total. The maximum absolute atomic E-state index is 12.7. The molecule has 0 aliphatic rings. The summed E-state index contributed by atoms with van der Waals surface area (Å²) in [6.07, 6.45) is 0. The third-order valence-electron chi connectivity index (χ3n) is 3.83. The van der Waals surface area contributed by atoms with Crippen molar-refractivity contribution >= 4 is 39.1 Å². The van der Waals surface area contributed by atoms with Crippen LogP contribution in [0.3, 0.4) is 0 Å². The summed E-state index contributed by atoms with van der Waals surface area (Å²) >= 11 is 15.9. The third-order valence-corrected chi connectivity index (χ3v) is 5.03. The number of rotatable bonds is 3. The Bertz CT molecular complexity index is 941. The molecule has 24 heavy (non-hydrogen) atoms. The van der Waals surface area contributed by atoms with Crippen molar-refractivity contribution in [2.24, 2.45) is 0 Å². The van der Waals surface area contributed by atoms with Crippen molar-refractivity contribution < 1.29 is 0 Å². The van der Waals surface area contributed by atoms with Gasteiger partial charge in [0.25, 0.3) is 5.56 Å². The van der Waals surface area contributed by atoms with Crippen molar-refractivity contribution in [3.05, 3.63) is 85.3 Å². The Morgan fingerprint density at radius 2 is 1.62 bits per heavy atom. The summed E-state index contributed by atoms with van der Waals surface area (Å²) in [6, 6.07) is 17.0. The maximum Gasteiger partial charge on any atom is 0.289 e. The molecule has 0 bridgehead atoms. The summed E-state index contributed by atoms with van der Waals surface area (Å²) in [7, 11) is 0. The monoisotopic (exact) mass is 422 g/mol. The highest BCUT2D eigenvalue weighted by atomic mass is 79.9. The fourth-order valence-corrected chi connectivity index (χ4v) is 3.60. The minimum Gasteiger partial charge on any atom is -0.295 e. The number of hydrogen-bond donors (Lipinski definition) is 0. The van der Waals surface area contributed by atoms with Crippen molar-refractivity contribution in [3.63, 3.8) is 0 Å². The lowest BCUT2D eigenvalue weighted by atomic mass is 10.1. The Hall–Kier alpha value is -1.62. The molecule has 0 saturated carbocycles. The van der Waals surface area contributed by atoms with Crippen LogP contribution in [-0.4, -0.2) is 9.55 Å². The molecule has 0 fully saturated rings. The van der Waals surface area contributed by atoms with Crippen LogP contribution >= 0.6 is 39.1 Å². The van der Waals surface area contributed by atoms with E-state index in [4.69, 9.17) is 23.2 Å². The van der Waals surface area contributed by atoms with Gasteiger partial charge in [0.05, 0.1) is 11.7 Å². The predicted octanol–water partition coefficient (Wildman–Crippen LogP) is 5.59. The zero-order valence-corrected chi connectivity index (χ0v) is 15.8. The molecule has 1 aromatic heterocycles. The molecular formula is C18H13BrCl2N2O. The highest BCUT2D eigenvalue weighted by molar-refractivity contribution is 9.10. The first-order chi connectivity index (χ1) is 11.5. The fraction of sp³-hybridized carbons (Fsp3) is 0.111. The average molecular weight is 424 g/mol. The molecular weight excluding hydrogens is 411 g/mol. The van der Waals surface area contributed by atoms with E-state index in [-0.39, 0.29) is 21.9 Å². The topological polar surface area (TPSA) is 34.9 Å². The molecule has 3 aromatic rings. The van der Waals surface area contributed by atoms with Gasteiger partial charge in [0.2, 0.25) is 0 Å².